The number of hydrogen-bond acceptors (Lipinski definition) is 2. The van der Waals surface area contributed by atoms with E-state index < -0.39 is 0 Å². The second kappa shape index (κ2) is 11.9. The highest BCUT2D eigenvalue weighted by Gasteiger charge is 2.22. The minimum absolute atomic E-state index is 0.196. The van der Waals surface area contributed by atoms with Gasteiger partial charge in [-0.05, 0) is 66.3 Å². The van der Waals surface area contributed by atoms with Crippen molar-refractivity contribution in [3.8, 4) is 16.9 Å². The lowest BCUT2D eigenvalue weighted by Crippen LogP contribution is -2.13. The van der Waals surface area contributed by atoms with Gasteiger partial charge in [0.25, 0.3) is 0 Å². The van der Waals surface area contributed by atoms with Crippen LogP contribution in [-0.2, 0) is 4.79 Å². The normalized spacial score (nSPS) is 18.9. The molecule has 2 nitrogen and oxygen atoms in total. The molecule has 0 amide bonds. The van der Waals surface area contributed by atoms with Crippen molar-refractivity contribution in [2.45, 2.75) is 90.4 Å². The molecule has 0 bridgehead atoms. The van der Waals surface area contributed by atoms with E-state index in [1.807, 2.05) is 24.3 Å². The summed E-state index contributed by atoms with van der Waals surface area (Å²) in [4.78, 5) is 11.4. The van der Waals surface area contributed by atoms with Crippen molar-refractivity contribution in [1.29, 1.82) is 0 Å². The number of esters is 1. The number of ether oxygens (including phenoxy) is 1. The molecule has 1 fully saturated rings. The fraction of sp³-hybridized carbons (Fsp3) is 0.536. The summed E-state index contributed by atoms with van der Waals surface area (Å²) in [5.74, 6) is 2.11. The minimum atomic E-state index is -0.196. The summed E-state index contributed by atoms with van der Waals surface area (Å²) >= 11 is 0. The van der Waals surface area contributed by atoms with E-state index in [4.69, 9.17) is 4.74 Å². The van der Waals surface area contributed by atoms with Gasteiger partial charge in [-0.1, -0.05) is 88.8 Å². The molecule has 1 aliphatic carbocycles. The van der Waals surface area contributed by atoms with Crippen LogP contribution in [0.15, 0.2) is 48.5 Å². The fourth-order valence-electron chi connectivity index (χ4n) is 4.69. The molecular formula is C28H38O2. The second-order valence-electron chi connectivity index (χ2n) is 8.89. The first kappa shape index (κ1) is 22.6. The third kappa shape index (κ3) is 6.72. The van der Waals surface area contributed by atoms with Gasteiger partial charge in [-0.2, -0.15) is 0 Å². The Balaban J connectivity index is 1.47. The van der Waals surface area contributed by atoms with Crippen molar-refractivity contribution < 1.29 is 9.53 Å². The largest absolute Gasteiger partial charge is 0.427 e. The molecule has 0 radical (unpaired) electrons. The van der Waals surface area contributed by atoms with Crippen LogP contribution < -0.4 is 4.74 Å². The van der Waals surface area contributed by atoms with Crippen LogP contribution in [0.3, 0.4) is 0 Å². The van der Waals surface area contributed by atoms with Crippen molar-refractivity contribution in [2.75, 3.05) is 0 Å². The van der Waals surface area contributed by atoms with E-state index in [0.717, 1.165) is 17.4 Å². The Hall–Kier alpha value is -2.09. The molecule has 0 heterocycles. The molecule has 0 spiro atoms. The Labute approximate surface area is 183 Å². The van der Waals surface area contributed by atoms with Gasteiger partial charge in [0.15, 0.2) is 0 Å². The fourth-order valence-corrected chi connectivity index (χ4v) is 4.69. The topological polar surface area (TPSA) is 26.3 Å². The van der Waals surface area contributed by atoms with Gasteiger partial charge in [0, 0.05) is 6.42 Å². The molecule has 0 N–H and O–H groups in total. The van der Waals surface area contributed by atoms with Gasteiger partial charge in [-0.3, -0.25) is 4.79 Å². The highest BCUT2D eigenvalue weighted by atomic mass is 16.5. The molecule has 2 aromatic carbocycles. The lowest BCUT2D eigenvalue weighted by atomic mass is 9.77. The van der Waals surface area contributed by atoms with Crippen LogP contribution in [0.5, 0.6) is 5.75 Å². The van der Waals surface area contributed by atoms with Gasteiger partial charge in [0.05, 0.1) is 0 Å². The van der Waals surface area contributed by atoms with Crippen LogP contribution >= 0.6 is 0 Å². The van der Waals surface area contributed by atoms with Gasteiger partial charge < -0.3 is 4.74 Å². The van der Waals surface area contributed by atoms with Crippen molar-refractivity contribution in [2.24, 2.45) is 5.92 Å². The Kier molecular flexibility index (Phi) is 8.99. The first-order valence-corrected chi connectivity index (χ1v) is 12.1. The summed E-state index contributed by atoms with van der Waals surface area (Å²) < 4.78 is 5.26. The standard InChI is InChI=1S/C28H38O2/c1-3-5-6-7-8-9-22-10-12-23(13-11-22)24-14-16-25(17-15-24)26-18-20-27(21-19-26)30-28(29)4-2/h14-23H,3-13H2,1-2H3. The maximum atomic E-state index is 11.4. The van der Waals surface area contributed by atoms with Crippen LogP contribution in [0, 0.1) is 5.92 Å². The highest BCUT2D eigenvalue weighted by molar-refractivity contribution is 5.72. The molecule has 0 atom stereocenters. The summed E-state index contributed by atoms with van der Waals surface area (Å²) in [7, 11) is 0. The molecule has 162 valence electrons. The molecule has 0 unspecified atom stereocenters. The predicted molar refractivity (Wildman–Crippen MR) is 126 cm³/mol. The zero-order valence-corrected chi connectivity index (χ0v) is 18.9. The van der Waals surface area contributed by atoms with E-state index in [9.17, 15) is 4.79 Å². The monoisotopic (exact) mass is 406 g/mol. The van der Waals surface area contributed by atoms with Crippen LogP contribution in [-0.4, -0.2) is 5.97 Å². The van der Waals surface area contributed by atoms with Crippen LogP contribution in [0.1, 0.15) is 96.0 Å². The smallest absolute Gasteiger partial charge is 0.310 e. The third-order valence-corrected chi connectivity index (χ3v) is 6.65. The molecule has 0 saturated heterocycles. The number of carbonyl (C=O) groups is 1. The predicted octanol–water partition coefficient (Wildman–Crippen LogP) is 8.30. The average Bonchev–Trinajstić information content (AvgIpc) is 2.80. The van der Waals surface area contributed by atoms with Crippen LogP contribution in [0.2, 0.25) is 0 Å². The Morgan fingerprint density at radius 3 is 2.00 bits per heavy atom. The van der Waals surface area contributed by atoms with Crippen molar-refractivity contribution >= 4 is 5.97 Å². The molecular weight excluding hydrogens is 368 g/mol. The summed E-state index contributed by atoms with van der Waals surface area (Å²) in [6.07, 6.45) is 14.3. The number of unbranched alkanes of at least 4 members (excludes halogenated alkanes) is 4. The molecule has 2 heteroatoms. The van der Waals surface area contributed by atoms with Gasteiger partial charge in [-0.25, -0.2) is 0 Å². The lowest BCUT2D eigenvalue weighted by molar-refractivity contribution is -0.134. The van der Waals surface area contributed by atoms with E-state index in [0.29, 0.717) is 12.2 Å². The Morgan fingerprint density at radius 1 is 0.800 bits per heavy atom. The number of hydrogen-bond donors (Lipinski definition) is 0. The SMILES string of the molecule is CCCCCCCC1CCC(c2ccc(-c3ccc(OC(=O)CC)cc3)cc2)CC1. The Bertz CT molecular complexity index is 752. The van der Waals surface area contributed by atoms with Gasteiger partial charge >= 0.3 is 5.97 Å². The van der Waals surface area contributed by atoms with Crippen molar-refractivity contribution in [1.82, 2.24) is 0 Å². The molecule has 30 heavy (non-hydrogen) atoms. The number of rotatable bonds is 10. The quantitative estimate of drug-likeness (QED) is 0.225. The second-order valence-corrected chi connectivity index (χ2v) is 8.89. The molecule has 1 aliphatic rings. The van der Waals surface area contributed by atoms with Gasteiger partial charge in [0.2, 0.25) is 0 Å². The maximum absolute atomic E-state index is 11.4. The molecule has 1 saturated carbocycles. The van der Waals surface area contributed by atoms with E-state index in [2.05, 4.69) is 31.2 Å². The zero-order chi connectivity index (χ0) is 21.2. The summed E-state index contributed by atoms with van der Waals surface area (Å²) in [5, 5.41) is 0. The number of benzene rings is 2. The van der Waals surface area contributed by atoms with Gasteiger partial charge in [-0.15, -0.1) is 0 Å². The lowest BCUT2D eigenvalue weighted by Gasteiger charge is -2.29. The molecule has 3 rings (SSSR count). The van der Waals surface area contributed by atoms with E-state index in [1.54, 1.807) is 6.92 Å². The van der Waals surface area contributed by atoms with Crippen molar-refractivity contribution in [3.05, 3.63) is 54.1 Å². The first-order chi connectivity index (χ1) is 14.7. The zero-order valence-electron chi connectivity index (χ0n) is 18.9. The maximum Gasteiger partial charge on any atom is 0.310 e. The minimum Gasteiger partial charge on any atom is -0.427 e. The summed E-state index contributed by atoms with van der Waals surface area (Å²) in [6.45, 7) is 4.09. The van der Waals surface area contributed by atoms with E-state index in [1.165, 1.54) is 75.3 Å². The van der Waals surface area contributed by atoms with E-state index in [-0.39, 0.29) is 5.97 Å². The van der Waals surface area contributed by atoms with Crippen LogP contribution in [0.25, 0.3) is 11.1 Å². The molecule has 0 aromatic heterocycles. The summed E-state index contributed by atoms with van der Waals surface area (Å²) in [6, 6.07) is 16.9. The molecule has 2 aromatic rings. The van der Waals surface area contributed by atoms with Crippen LogP contribution in [0.4, 0.5) is 0 Å². The average molecular weight is 407 g/mol. The highest BCUT2D eigenvalue weighted by Crippen LogP contribution is 2.38. The summed E-state index contributed by atoms with van der Waals surface area (Å²) in [5.41, 5.74) is 3.87. The first-order valence-electron chi connectivity index (χ1n) is 12.1. The Morgan fingerprint density at radius 2 is 1.40 bits per heavy atom. The molecule has 0 aliphatic heterocycles. The number of carbonyl (C=O) groups excluding carboxylic acids is 1. The van der Waals surface area contributed by atoms with Gasteiger partial charge in [0.1, 0.15) is 5.75 Å². The third-order valence-electron chi connectivity index (χ3n) is 6.65. The van der Waals surface area contributed by atoms with Crippen molar-refractivity contribution in [3.63, 3.8) is 0 Å². The van der Waals surface area contributed by atoms with E-state index >= 15 is 0 Å².